The summed E-state index contributed by atoms with van der Waals surface area (Å²) < 4.78 is 103. The molecule has 32 nitrogen and oxygen atoms in total. The average molecular weight is 1790 g/mol. The molecule has 36 heteroatoms. The molecule has 0 bridgehead atoms. The number of nitrogens with zero attached hydrogens (tertiary/aromatic N) is 7. The summed E-state index contributed by atoms with van der Waals surface area (Å²) in [7, 11) is 6.09. The number of alkyl halides is 3. The number of piperidine rings is 1. The molecule has 2 aliphatic heterocycles. The van der Waals surface area contributed by atoms with Crippen molar-refractivity contribution < 1.29 is 69.2 Å². The molecule has 10 aromatic heterocycles. The average Bonchev–Trinajstić information content (AvgIpc) is 1.61. The number of benzene rings is 2. The van der Waals surface area contributed by atoms with E-state index in [1.54, 1.807) is 83.7 Å². The van der Waals surface area contributed by atoms with Crippen molar-refractivity contribution in [3.8, 4) is 23.0 Å². The second kappa shape index (κ2) is 41.4. The fourth-order valence-electron chi connectivity index (χ4n) is 17.6. The zero-order valence-electron chi connectivity index (χ0n) is 75.3. The number of hydrogen-bond donors (Lipinski definition) is 9. The van der Waals surface area contributed by atoms with E-state index in [1.807, 2.05) is 74.7 Å². The number of H-pyrrole nitrogens is 4. The highest BCUT2D eigenvalue weighted by molar-refractivity contribution is 7.91. The van der Waals surface area contributed by atoms with Crippen LogP contribution < -0.4 is 67.8 Å². The fourth-order valence-corrected chi connectivity index (χ4v) is 19.2. The van der Waals surface area contributed by atoms with Gasteiger partial charge in [-0.2, -0.15) is 13.2 Å². The van der Waals surface area contributed by atoms with Crippen LogP contribution >= 0.6 is 0 Å². The van der Waals surface area contributed by atoms with Gasteiger partial charge in [-0.05, 0) is 182 Å². The molecule has 3 unspecified atom stereocenters. The molecule has 12 aromatic rings. The van der Waals surface area contributed by atoms with Crippen molar-refractivity contribution in [2.24, 2.45) is 11.8 Å². The van der Waals surface area contributed by atoms with Crippen molar-refractivity contribution >= 4 is 77.3 Å². The van der Waals surface area contributed by atoms with Gasteiger partial charge < -0.3 is 93.2 Å². The molecule has 2 fully saturated rings. The summed E-state index contributed by atoms with van der Waals surface area (Å²) in [4.78, 5) is 126. The molecular formula is C92H113F3N16O16S. The zero-order chi connectivity index (χ0) is 93.1. The van der Waals surface area contributed by atoms with Gasteiger partial charge in [0.15, 0.2) is 0 Å². The van der Waals surface area contributed by atoms with Crippen LogP contribution in [0.5, 0.6) is 23.0 Å². The van der Waals surface area contributed by atoms with Crippen LogP contribution in [0.25, 0.3) is 43.9 Å². The number of carbonyl (C=O) groups excluding carboxylic acids is 4. The Labute approximate surface area is 737 Å². The number of nitrogens with one attached hydrogen (secondary N) is 9. The molecular weight excluding hydrogens is 1670 g/mol. The van der Waals surface area contributed by atoms with E-state index in [9.17, 15) is 59.9 Å². The number of amides is 4. The molecule has 128 heavy (non-hydrogen) atoms. The molecule has 0 radical (unpaired) electrons. The van der Waals surface area contributed by atoms with Gasteiger partial charge in [-0.1, -0.05) is 36.4 Å². The van der Waals surface area contributed by atoms with Crippen LogP contribution in [0.3, 0.4) is 0 Å². The lowest BCUT2D eigenvalue weighted by molar-refractivity contribution is -0.141. The number of carbonyl (C=O) groups is 4. The molecule has 2 saturated heterocycles. The molecule has 9 N–H and O–H groups in total. The lowest BCUT2D eigenvalue weighted by Crippen LogP contribution is -2.32. The maximum atomic E-state index is 13.4. The largest absolute Gasteiger partial charge is 0.496 e. The first kappa shape index (κ1) is 96.0. The summed E-state index contributed by atoms with van der Waals surface area (Å²) in [5.41, 5.74) is 9.32. The van der Waals surface area contributed by atoms with Gasteiger partial charge in [-0.3, -0.25) is 38.4 Å². The predicted molar refractivity (Wildman–Crippen MR) is 483 cm³/mol. The van der Waals surface area contributed by atoms with Crippen LogP contribution in [0.2, 0.25) is 0 Å². The second-order valence-corrected chi connectivity index (χ2v) is 34.7. The van der Waals surface area contributed by atoms with E-state index in [1.165, 1.54) is 47.9 Å². The quantitative estimate of drug-likeness (QED) is 0.0243. The third-order valence-electron chi connectivity index (χ3n) is 23.9. The van der Waals surface area contributed by atoms with Gasteiger partial charge in [0, 0.05) is 105 Å². The van der Waals surface area contributed by atoms with Gasteiger partial charge in [0.2, 0.25) is 0 Å². The number of sulfone groups is 1. The number of aromatic amines is 4. The van der Waals surface area contributed by atoms with Crippen LogP contribution in [0.15, 0.2) is 117 Å². The van der Waals surface area contributed by atoms with Crippen molar-refractivity contribution in [1.29, 1.82) is 0 Å². The summed E-state index contributed by atoms with van der Waals surface area (Å²) >= 11 is 0. The number of pyridine rings is 5. The lowest BCUT2D eigenvalue weighted by atomic mass is 9.91. The predicted octanol–water partition coefficient (Wildman–Crippen LogP) is 12.1. The molecule has 2 aromatic carbocycles. The molecule has 14 rings (SSSR count). The molecule has 0 saturated carbocycles. The molecule has 4 atom stereocenters. The number of methoxy groups -OCH3 is 6. The van der Waals surface area contributed by atoms with Gasteiger partial charge in [-0.25, -0.2) is 23.4 Å². The summed E-state index contributed by atoms with van der Waals surface area (Å²) in [6, 6.07) is 24.7. The van der Waals surface area contributed by atoms with Crippen LogP contribution in [0.4, 0.5) is 13.2 Å². The molecule has 2 aliphatic rings. The van der Waals surface area contributed by atoms with Crippen LogP contribution in [0.1, 0.15) is 192 Å². The summed E-state index contributed by atoms with van der Waals surface area (Å²) in [5, 5.41) is 17.5. The van der Waals surface area contributed by atoms with Crippen LogP contribution in [-0.2, 0) is 51.7 Å². The van der Waals surface area contributed by atoms with Crippen molar-refractivity contribution in [2.45, 2.75) is 165 Å². The van der Waals surface area contributed by atoms with Gasteiger partial charge >= 0.3 is 6.18 Å². The lowest BCUT2D eigenvalue weighted by Gasteiger charge is -2.30. The molecule has 684 valence electrons. The Morgan fingerprint density at radius 2 is 0.797 bits per heavy atom. The SMILES string of the molecule is COCC(C)n1c(C)c(C(=O)NCc2c(OC)cc(C)[nH]c2=O)c2ccc(C(F)(F)F)nc21.COC[C@@H](C)n1c(C)c(C(=O)NCc2c(OC)cc(C)[nH]c2=O)c2cncnc21.COc1cc(C)[nH]c(=O)c1CNC(=O)c1c(C)n(C(C)C2CCNCC2)c2ccccc12.COc1cc(C)[nH]c(=O)c1CNC(=O)c1c(C)n(C(C)C2CCS(=O)(=O)CC2)c2ccccc12. The Hall–Kier alpha value is -12.7. The number of halogens is 3. The van der Waals surface area contributed by atoms with Gasteiger partial charge in [0.25, 0.3) is 45.9 Å². The second-order valence-electron chi connectivity index (χ2n) is 32.4. The monoisotopic (exact) mass is 1790 g/mol. The van der Waals surface area contributed by atoms with Gasteiger partial charge in [-0.15, -0.1) is 0 Å². The minimum atomic E-state index is -4.63. The number of ether oxygens (including phenoxy) is 6. The van der Waals surface area contributed by atoms with E-state index in [4.69, 9.17) is 28.4 Å². The number of hydrogen-bond acceptors (Lipinski definition) is 20. The number of aryl methyl sites for hydroxylation is 4. The van der Waals surface area contributed by atoms with E-state index >= 15 is 0 Å². The number of para-hydroxylation sites is 2. The topological polar surface area (TPSA) is 408 Å². The Morgan fingerprint density at radius 1 is 0.461 bits per heavy atom. The van der Waals surface area contributed by atoms with Gasteiger partial charge in [0.1, 0.15) is 56.2 Å². The Bertz CT molecular complexity index is 6480. The number of rotatable bonds is 26. The smallest absolute Gasteiger partial charge is 0.433 e. The van der Waals surface area contributed by atoms with Crippen molar-refractivity contribution in [2.75, 3.05) is 80.5 Å². The summed E-state index contributed by atoms with van der Waals surface area (Å²) in [6.45, 7) is 25.4. The van der Waals surface area contributed by atoms with E-state index < -0.39 is 33.2 Å². The minimum absolute atomic E-state index is 0.0148. The van der Waals surface area contributed by atoms with E-state index in [-0.39, 0.29) is 125 Å². The van der Waals surface area contributed by atoms with Crippen LogP contribution in [-0.4, -0.2) is 166 Å². The third-order valence-corrected chi connectivity index (χ3v) is 25.6. The molecule has 12 heterocycles. The fraction of sp³-hybridized carbons (Fsp3) is 0.424. The molecule has 0 spiro atoms. The van der Waals surface area contributed by atoms with Crippen molar-refractivity contribution in [3.05, 3.63) is 235 Å². The zero-order valence-corrected chi connectivity index (χ0v) is 76.1. The highest BCUT2D eigenvalue weighted by Crippen LogP contribution is 2.40. The van der Waals surface area contributed by atoms with Gasteiger partial charge in [0.05, 0.1) is 141 Å². The van der Waals surface area contributed by atoms with Crippen molar-refractivity contribution in [1.82, 2.24) is 79.7 Å². The first-order chi connectivity index (χ1) is 60.9. The van der Waals surface area contributed by atoms with Crippen molar-refractivity contribution in [3.63, 3.8) is 0 Å². The normalized spacial score (nSPS) is 14.4. The third kappa shape index (κ3) is 20.9. The standard InChI is InChI=1S/C25H32N4O3.C25H31N3O5S.C22H25F3N4O4.C20H25N5O4/c1-15-13-22(32-4)20(24(30)28-15)14-27-25(31)23-17(3)29(21-8-6-5-7-19(21)23)16(2)18-9-11-26-12-10-18;1-15-13-22(33-4)20(24(29)27-15)14-26-25(30)23-17(3)28(21-8-6-5-7-19(21)23)16(2)18-9-11-34(31,32)12-10-18;1-11-8-16(33-5)15(20(30)27-11)9-26-21(31)18-13(3)29(12(2)10-32-4)19-14(18)6-7-17(28-19)22(23,24)25;1-11-6-16(29-5)14(19(26)24-11)8-22-20(27)17-13(3)25(12(2)9-28-4)18-15(17)7-21-10-23-18/h5-8,13,16,18,26H,9-12,14H2,1-4H3,(H,27,31)(H,28,30);5-8,13,16,18H,9-12,14H2,1-4H3,(H,26,30)(H,27,29);6-8,12H,9-10H2,1-5H3,(H,26,31)(H,27,30);6-7,10,12H,8-9H2,1-5H3,(H,22,27)(H,24,26)/t;;;12-/m...1/s1. The number of fused-ring (bicyclic) bond motifs is 4. The number of aromatic nitrogens is 11. The first-order valence-corrected chi connectivity index (χ1v) is 43.9. The highest BCUT2D eigenvalue weighted by atomic mass is 32.2. The van der Waals surface area contributed by atoms with Crippen LogP contribution in [0, 0.1) is 67.2 Å². The maximum Gasteiger partial charge on any atom is 0.433 e. The Balaban J connectivity index is 0.000000166. The first-order valence-electron chi connectivity index (χ1n) is 42.1. The Kier molecular flexibility index (Phi) is 31.0. The summed E-state index contributed by atoms with van der Waals surface area (Å²) in [6.07, 6.45) is 1.94. The maximum absolute atomic E-state index is 13.4. The van der Waals surface area contributed by atoms with E-state index in [0.29, 0.717) is 127 Å². The van der Waals surface area contributed by atoms with E-state index in [2.05, 4.69) is 90.5 Å². The molecule has 4 amide bonds. The minimum Gasteiger partial charge on any atom is -0.496 e. The summed E-state index contributed by atoms with van der Waals surface area (Å²) in [5.74, 6) is 1.54. The molecule has 0 aliphatic carbocycles. The van der Waals surface area contributed by atoms with E-state index in [0.717, 1.165) is 70.9 Å². The highest BCUT2D eigenvalue weighted by Gasteiger charge is 2.37. The Morgan fingerprint density at radius 3 is 1.16 bits per heavy atom.